The molecule has 0 amide bonds. The molecule has 0 saturated heterocycles. The van der Waals surface area contributed by atoms with Gasteiger partial charge in [0, 0.05) is 21.7 Å². The average Bonchev–Trinajstić information content (AvgIpc) is 2.64. The summed E-state index contributed by atoms with van der Waals surface area (Å²) >= 11 is 0. The Morgan fingerprint density at radius 3 is 1.32 bits per heavy atom. The van der Waals surface area contributed by atoms with Crippen molar-refractivity contribution in [1.29, 1.82) is 0 Å². The molecule has 0 fully saturated rings. The third-order valence-corrected chi connectivity index (χ3v) is 1.19. The van der Waals surface area contributed by atoms with Gasteiger partial charge in [0.15, 0.2) is 0 Å². The van der Waals surface area contributed by atoms with Gasteiger partial charge in [-0.05, 0) is 0 Å². The zero-order chi connectivity index (χ0) is 7.78. The van der Waals surface area contributed by atoms with Crippen LogP contribution in [-0.2, 0) is 21.7 Å². The van der Waals surface area contributed by atoms with E-state index in [-0.39, 0.29) is 88.6 Å². The molecule has 116 valence electrons. The van der Waals surface area contributed by atoms with E-state index < -0.39 is 0 Å². The second-order valence-electron chi connectivity index (χ2n) is 2.08. The number of hydrogen-bond acceptors (Lipinski definition) is 0. The van der Waals surface area contributed by atoms with E-state index in [9.17, 15) is 0 Å². The largest absolute Gasteiger partial charge is 0.358 e. The molecule has 1 aromatic rings. The quantitative estimate of drug-likeness (QED) is 0.402. The maximum Gasteiger partial charge on any atom is 0 e. The Hall–Kier alpha value is 0.284. The van der Waals surface area contributed by atoms with Crippen molar-refractivity contribution in [2.75, 3.05) is 0 Å². The first-order valence-corrected chi connectivity index (χ1v) is 3.63. The summed E-state index contributed by atoms with van der Waals surface area (Å²) in [5, 5.41) is 0. The smallest absolute Gasteiger partial charge is 0 e. The van der Waals surface area contributed by atoms with Gasteiger partial charge in [0.05, 0.1) is 0 Å². The molecule has 0 radical (unpaired) electrons. The maximum atomic E-state index is 2.99. The van der Waals surface area contributed by atoms with Crippen LogP contribution in [0.15, 0.2) is 48.6 Å². The molecular formula is C15H25Cl3Ti-6. The Morgan fingerprint density at radius 2 is 1.21 bits per heavy atom. The van der Waals surface area contributed by atoms with Crippen LogP contribution in [0, 0.1) is 41.8 Å². The average molecular weight is 360 g/mol. The third kappa shape index (κ3) is 38.1. The predicted molar refractivity (Wildman–Crippen MR) is 94.2 cm³/mol. The molecule has 1 aliphatic carbocycles. The number of allylic oxidation sites excluding steroid dienone is 4. The molecule has 0 unspecified atom stereocenters. The molecule has 0 heterocycles. The van der Waals surface area contributed by atoms with Crippen LogP contribution < -0.4 is 0 Å². The second kappa shape index (κ2) is 42.9. The molecule has 19 heavy (non-hydrogen) atoms. The minimum atomic E-state index is 0. The monoisotopic (exact) mass is 358 g/mol. The van der Waals surface area contributed by atoms with Crippen LogP contribution >= 0.6 is 37.2 Å². The molecule has 0 bridgehead atoms. The zero-order valence-electron chi connectivity index (χ0n) is 12.1. The van der Waals surface area contributed by atoms with Crippen molar-refractivity contribution >= 4 is 37.2 Å². The Morgan fingerprint density at radius 1 is 0.737 bits per heavy atom. The number of benzene rings is 1. The summed E-state index contributed by atoms with van der Waals surface area (Å²) in [6.45, 7) is 0. The van der Waals surface area contributed by atoms with Crippen LogP contribution in [-0.4, -0.2) is 0 Å². The molecule has 1 aliphatic rings. The Balaban J connectivity index is -0.0000000150. The first-order valence-electron chi connectivity index (χ1n) is 3.63. The van der Waals surface area contributed by atoms with Gasteiger partial charge in [0.1, 0.15) is 0 Å². The fourth-order valence-corrected chi connectivity index (χ4v) is 0.682. The van der Waals surface area contributed by atoms with Gasteiger partial charge in [-0.2, -0.15) is 42.5 Å². The van der Waals surface area contributed by atoms with Crippen molar-refractivity contribution in [2.24, 2.45) is 0 Å². The maximum absolute atomic E-state index is 2.99. The predicted octanol–water partition coefficient (Wildman–Crippen LogP) is 5.86. The molecule has 0 atom stereocenters. The molecule has 0 spiro atoms. The number of halogens is 3. The normalized spacial score (nSPS) is 7.16. The Kier molecular flexibility index (Phi) is 114. The van der Waals surface area contributed by atoms with Gasteiger partial charge in [0.25, 0.3) is 0 Å². The molecule has 4 heteroatoms. The van der Waals surface area contributed by atoms with Crippen molar-refractivity contribution in [2.45, 2.75) is 6.42 Å². The molecule has 0 aromatic heterocycles. The summed E-state index contributed by atoms with van der Waals surface area (Å²) in [6, 6.07) is 12.5. The first kappa shape index (κ1) is 50.6. The van der Waals surface area contributed by atoms with Crippen molar-refractivity contribution in [3.05, 3.63) is 90.4 Å². The van der Waals surface area contributed by atoms with E-state index in [1.54, 1.807) is 0 Å². The summed E-state index contributed by atoms with van der Waals surface area (Å²) < 4.78 is 0. The molecular weight excluding hydrogens is 334 g/mol. The molecule has 0 aliphatic heterocycles. The number of rotatable bonds is 0. The van der Waals surface area contributed by atoms with Gasteiger partial charge in [0.2, 0.25) is 0 Å². The van der Waals surface area contributed by atoms with E-state index in [4.69, 9.17) is 0 Å². The summed E-state index contributed by atoms with van der Waals surface area (Å²) in [4.78, 5) is 0. The van der Waals surface area contributed by atoms with E-state index in [2.05, 4.69) is 18.2 Å². The van der Waals surface area contributed by atoms with E-state index in [1.165, 1.54) is 0 Å². The minimum Gasteiger partial charge on any atom is -0.358 e. The van der Waals surface area contributed by atoms with Gasteiger partial charge in [-0.25, -0.2) is 12.2 Å². The van der Waals surface area contributed by atoms with Gasteiger partial charge < -0.3 is 29.7 Å². The molecule has 0 nitrogen and oxygen atoms in total. The van der Waals surface area contributed by atoms with Crippen LogP contribution in [0.25, 0.3) is 0 Å². The zero-order valence-corrected chi connectivity index (χ0v) is 16.1. The van der Waals surface area contributed by atoms with Crippen LogP contribution in [0.1, 0.15) is 6.42 Å². The van der Waals surface area contributed by atoms with E-state index in [0.717, 1.165) is 6.42 Å². The fourth-order valence-electron chi connectivity index (χ4n) is 0.682. The van der Waals surface area contributed by atoms with Crippen molar-refractivity contribution < 1.29 is 21.7 Å². The Labute approximate surface area is 155 Å². The fraction of sp³-hybridized carbons (Fsp3) is 0.0667. The van der Waals surface area contributed by atoms with Crippen molar-refractivity contribution in [1.82, 2.24) is 0 Å². The van der Waals surface area contributed by atoms with Crippen LogP contribution in [0.5, 0.6) is 0 Å². The minimum absolute atomic E-state index is 0. The van der Waals surface area contributed by atoms with E-state index in [1.807, 2.05) is 42.5 Å². The SMILES string of the molecule is Cl.Cl.Cl.[C-]1=CC=CC1.[CH3-].[CH3-].[CH3-].[CH3-].[Ti].[c-]1ccccc1. The molecule has 0 N–H and O–H groups in total. The van der Waals surface area contributed by atoms with E-state index in [0.29, 0.717) is 0 Å². The second-order valence-corrected chi connectivity index (χ2v) is 2.08. The topological polar surface area (TPSA) is 0 Å². The summed E-state index contributed by atoms with van der Waals surface area (Å²) in [6.07, 6.45) is 10.0. The van der Waals surface area contributed by atoms with E-state index >= 15 is 0 Å². The molecule has 0 saturated carbocycles. The molecule has 2 rings (SSSR count). The number of hydrogen-bond donors (Lipinski definition) is 0. The van der Waals surface area contributed by atoms with Gasteiger partial charge in [-0.1, -0.05) is 0 Å². The summed E-state index contributed by atoms with van der Waals surface area (Å²) in [5.74, 6) is 0. The molecule has 1 aromatic carbocycles. The van der Waals surface area contributed by atoms with Crippen molar-refractivity contribution in [3.63, 3.8) is 0 Å². The summed E-state index contributed by atoms with van der Waals surface area (Å²) in [5.41, 5.74) is 0. The first-order chi connectivity index (χ1) is 5.50. The van der Waals surface area contributed by atoms with Crippen LogP contribution in [0.3, 0.4) is 0 Å². The van der Waals surface area contributed by atoms with Crippen molar-refractivity contribution in [3.8, 4) is 0 Å². The standard InChI is InChI=1S/C6H5.C5H5.4CH3.3ClH.Ti/c1-2-4-6-5-3-1;1-2-4-5-3-1;;;;;;;;/h1-5H;1-3H,4H2;4*1H3;3*1H;/q6*-1;;;;. The third-order valence-electron chi connectivity index (χ3n) is 1.19. The van der Waals surface area contributed by atoms with Gasteiger partial charge in [-0.15, -0.1) is 43.6 Å². The van der Waals surface area contributed by atoms with Crippen LogP contribution in [0.2, 0.25) is 0 Å². The van der Waals surface area contributed by atoms with Gasteiger partial charge >= 0.3 is 0 Å². The van der Waals surface area contributed by atoms with Gasteiger partial charge in [-0.3, -0.25) is 6.08 Å². The van der Waals surface area contributed by atoms with Crippen LogP contribution in [0.4, 0.5) is 0 Å². The summed E-state index contributed by atoms with van der Waals surface area (Å²) in [7, 11) is 0. The Bertz CT molecular complexity index is 200.